The van der Waals surface area contributed by atoms with E-state index in [0.717, 1.165) is 16.7 Å². The molecule has 19 heavy (non-hydrogen) atoms. The van der Waals surface area contributed by atoms with Gasteiger partial charge in [0.2, 0.25) is 0 Å². The van der Waals surface area contributed by atoms with E-state index in [4.69, 9.17) is 0 Å². The number of aryl methyl sites for hydroxylation is 1. The molecule has 0 saturated heterocycles. The molecular formula is C13H17N3O2S. The van der Waals surface area contributed by atoms with Crippen LogP contribution in [0.3, 0.4) is 0 Å². The predicted molar refractivity (Wildman–Crippen MR) is 77.1 cm³/mol. The van der Waals surface area contributed by atoms with Crippen molar-refractivity contribution < 1.29 is 8.42 Å². The first-order valence-electron chi connectivity index (χ1n) is 6.11. The van der Waals surface area contributed by atoms with Crippen LogP contribution in [-0.2, 0) is 9.84 Å². The second-order valence-electron chi connectivity index (χ2n) is 4.56. The van der Waals surface area contributed by atoms with Crippen molar-refractivity contribution in [3.05, 3.63) is 30.0 Å². The van der Waals surface area contributed by atoms with Crippen molar-refractivity contribution in [2.24, 2.45) is 0 Å². The molecule has 0 unspecified atom stereocenters. The van der Waals surface area contributed by atoms with Gasteiger partial charge in [0.25, 0.3) is 0 Å². The van der Waals surface area contributed by atoms with E-state index >= 15 is 0 Å². The zero-order valence-electron chi connectivity index (χ0n) is 11.0. The number of nitrogens with one attached hydrogen (secondary N) is 1. The van der Waals surface area contributed by atoms with E-state index < -0.39 is 9.84 Å². The van der Waals surface area contributed by atoms with E-state index in [0.29, 0.717) is 18.8 Å². The Morgan fingerprint density at radius 3 is 2.42 bits per heavy atom. The first kappa shape index (κ1) is 13.7. The molecule has 1 heterocycles. The summed E-state index contributed by atoms with van der Waals surface area (Å²) in [6.45, 7) is 2.46. The summed E-state index contributed by atoms with van der Waals surface area (Å²) in [6.07, 6.45) is 1.81. The lowest BCUT2D eigenvalue weighted by atomic mass is 10.3. The number of para-hydroxylation sites is 2. The summed E-state index contributed by atoms with van der Waals surface area (Å²) >= 11 is 0. The number of rotatable bonds is 5. The van der Waals surface area contributed by atoms with Crippen molar-refractivity contribution >= 4 is 26.7 Å². The second kappa shape index (κ2) is 5.52. The van der Waals surface area contributed by atoms with Crippen LogP contribution in [0.25, 0.3) is 11.0 Å². The summed E-state index contributed by atoms with van der Waals surface area (Å²) in [5.41, 5.74) is 2.51. The first-order chi connectivity index (χ1) is 8.96. The third-order valence-corrected chi connectivity index (χ3v) is 3.76. The molecule has 0 spiro atoms. The lowest BCUT2D eigenvalue weighted by Crippen LogP contribution is -2.11. The van der Waals surface area contributed by atoms with Gasteiger partial charge in [-0.25, -0.2) is 18.4 Å². The van der Waals surface area contributed by atoms with Crippen molar-refractivity contribution in [1.29, 1.82) is 0 Å². The average molecular weight is 279 g/mol. The molecule has 0 radical (unpaired) electrons. The van der Waals surface area contributed by atoms with Crippen molar-refractivity contribution in [3.63, 3.8) is 0 Å². The molecule has 6 heteroatoms. The largest absolute Gasteiger partial charge is 0.369 e. The van der Waals surface area contributed by atoms with E-state index in [9.17, 15) is 8.42 Å². The number of anilines is 1. The summed E-state index contributed by atoms with van der Waals surface area (Å²) in [5.74, 6) is 0.896. The molecule has 0 aliphatic carbocycles. The summed E-state index contributed by atoms with van der Waals surface area (Å²) in [6, 6.07) is 7.67. The summed E-state index contributed by atoms with van der Waals surface area (Å²) in [5, 5.41) is 3.14. The van der Waals surface area contributed by atoms with Crippen molar-refractivity contribution in [3.8, 4) is 0 Å². The molecule has 0 fully saturated rings. The monoisotopic (exact) mass is 279 g/mol. The topological polar surface area (TPSA) is 72.0 Å². The van der Waals surface area contributed by atoms with Crippen LogP contribution < -0.4 is 5.32 Å². The quantitative estimate of drug-likeness (QED) is 0.845. The Balaban J connectivity index is 2.06. The second-order valence-corrected chi connectivity index (χ2v) is 6.82. The highest BCUT2D eigenvalue weighted by molar-refractivity contribution is 7.90. The van der Waals surface area contributed by atoms with Crippen LogP contribution in [0.5, 0.6) is 0 Å². The maximum Gasteiger partial charge on any atom is 0.148 e. The van der Waals surface area contributed by atoms with E-state index in [1.54, 1.807) is 0 Å². The molecule has 5 nitrogen and oxygen atoms in total. The molecule has 0 atom stereocenters. The summed E-state index contributed by atoms with van der Waals surface area (Å²) < 4.78 is 22.1. The Labute approximate surface area is 113 Å². The summed E-state index contributed by atoms with van der Waals surface area (Å²) in [4.78, 5) is 8.95. The molecule has 102 valence electrons. The van der Waals surface area contributed by atoms with Crippen LogP contribution in [0, 0.1) is 6.92 Å². The van der Waals surface area contributed by atoms with Crippen LogP contribution in [0.1, 0.15) is 12.1 Å². The zero-order chi connectivity index (χ0) is 13.9. The fraction of sp³-hybridized carbons (Fsp3) is 0.385. The Hall–Kier alpha value is -1.69. The SMILES string of the molecule is Cc1nc2ccccc2nc1NCCCS(C)(=O)=O. The number of hydrogen-bond acceptors (Lipinski definition) is 5. The highest BCUT2D eigenvalue weighted by Gasteiger charge is 2.05. The normalized spacial score (nSPS) is 11.7. The van der Waals surface area contributed by atoms with Crippen molar-refractivity contribution in [2.45, 2.75) is 13.3 Å². The molecule has 0 aliphatic rings. The Kier molecular flexibility index (Phi) is 3.99. The number of nitrogens with zero attached hydrogens (tertiary/aromatic N) is 2. The van der Waals surface area contributed by atoms with Gasteiger partial charge in [-0.1, -0.05) is 12.1 Å². The fourth-order valence-electron chi connectivity index (χ4n) is 1.80. The van der Waals surface area contributed by atoms with Crippen molar-refractivity contribution in [2.75, 3.05) is 23.9 Å². The van der Waals surface area contributed by atoms with E-state index in [1.165, 1.54) is 6.26 Å². The van der Waals surface area contributed by atoms with Gasteiger partial charge in [0.1, 0.15) is 15.7 Å². The van der Waals surface area contributed by atoms with Crippen LogP contribution in [0.15, 0.2) is 24.3 Å². The maximum atomic E-state index is 11.0. The van der Waals surface area contributed by atoms with E-state index in [2.05, 4.69) is 15.3 Å². The molecule has 2 aromatic rings. The molecule has 0 aliphatic heterocycles. The number of aromatic nitrogens is 2. The highest BCUT2D eigenvalue weighted by Crippen LogP contribution is 2.15. The molecule has 1 aromatic heterocycles. The summed E-state index contributed by atoms with van der Waals surface area (Å²) in [7, 11) is -2.90. The van der Waals surface area contributed by atoms with Gasteiger partial charge < -0.3 is 5.32 Å². The van der Waals surface area contributed by atoms with Crippen LogP contribution >= 0.6 is 0 Å². The van der Waals surface area contributed by atoms with Crippen LogP contribution in [0.2, 0.25) is 0 Å². The molecule has 0 amide bonds. The van der Waals surface area contributed by atoms with Gasteiger partial charge >= 0.3 is 0 Å². The first-order valence-corrected chi connectivity index (χ1v) is 8.17. The van der Waals surface area contributed by atoms with Crippen LogP contribution in [-0.4, -0.2) is 36.9 Å². The zero-order valence-corrected chi connectivity index (χ0v) is 11.9. The third-order valence-electron chi connectivity index (χ3n) is 2.73. The Morgan fingerprint density at radius 2 is 1.79 bits per heavy atom. The van der Waals surface area contributed by atoms with Crippen molar-refractivity contribution in [1.82, 2.24) is 9.97 Å². The maximum absolute atomic E-state index is 11.0. The van der Waals surface area contributed by atoms with Gasteiger partial charge in [0.15, 0.2) is 0 Å². The third kappa shape index (κ3) is 3.89. The average Bonchev–Trinajstić information content (AvgIpc) is 2.33. The van der Waals surface area contributed by atoms with E-state index in [1.807, 2.05) is 31.2 Å². The molecular weight excluding hydrogens is 262 g/mol. The molecule has 1 aromatic carbocycles. The van der Waals surface area contributed by atoms with E-state index in [-0.39, 0.29) is 5.75 Å². The minimum atomic E-state index is -2.90. The molecule has 2 rings (SSSR count). The van der Waals surface area contributed by atoms with Gasteiger partial charge in [-0.3, -0.25) is 0 Å². The van der Waals surface area contributed by atoms with Gasteiger partial charge in [-0.05, 0) is 25.5 Å². The Morgan fingerprint density at radius 1 is 1.16 bits per heavy atom. The highest BCUT2D eigenvalue weighted by atomic mass is 32.2. The standard InChI is InChI=1S/C13H17N3O2S/c1-10-13(14-8-5-9-19(2,17)18)16-12-7-4-3-6-11(12)15-10/h3-4,6-7H,5,8-9H2,1-2H3,(H,14,16). The smallest absolute Gasteiger partial charge is 0.148 e. The number of hydrogen-bond donors (Lipinski definition) is 1. The fourth-order valence-corrected chi connectivity index (χ4v) is 2.47. The van der Waals surface area contributed by atoms with Gasteiger partial charge in [0, 0.05) is 12.8 Å². The molecule has 1 N–H and O–H groups in total. The van der Waals surface area contributed by atoms with Crippen LogP contribution in [0.4, 0.5) is 5.82 Å². The minimum absolute atomic E-state index is 0.181. The van der Waals surface area contributed by atoms with Gasteiger partial charge in [-0.15, -0.1) is 0 Å². The van der Waals surface area contributed by atoms with Gasteiger partial charge in [0.05, 0.1) is 22.5 Å². The number of benzene rings is 1. The predicted octanol–water partition coefficient (Wildman–Crippen LogP) is 1.78. The molecule has 0 bridgehead atoms. The number of sulfone groups is 1. The Bertz CT molecular complexity index is 683. The number of fused-ring (bicyclic) bond motifs is 1. The lowest BCUT2D eigenvalue weighted by Gasteiger charge is -2.08. The molecule has 0 saturated carbocycles. The van der Waals surface area contributed by atoms with Gasteiger partial charge in [-0.2, -0.15) is 0 Å². The minimum Gasteiger partial charge on any atom is -0.369 e. The lowest BCUT2D eigenvalue weighted by molar-refractivity contribution is 0.600.